The molecule has 2 aliphatic heterocycles. The van der Waals surface area contributed by atoms with E-state index in [2.05, 4.69) is 16.0 Å². The van der Waals surface area contributed by atoms with Gasteiger partial charge in [0.25, 0.3) is 5.91 Å². The number of amides is 5. The van der Waals surface area contributed by atoms with E-state index >= 15 is 0 Å². The Bertz CT molecular complexity index is 1470. The van der Waals surface area contributed by atoms with E-state index < -0.39 is 12.1 Å². The predicted octanol–water partition coefficient (Wildman–Crippen LogP) is 5.83. The number of aliphatic hydroxyl groups is 1. The summed E-state index contributed by atoms with van der Waals surface area (Å²) < 4.78 is 23.5. The number of aliphatic hydroxyl groups excluding tert-OH is 1. The molecule has 13 nitrogen and oxygen atoms in total. The molecule has 274 valence electrons. The van der Waals surface area contributed by atoms with Crippen LogP contribution in [0.5, 0.6) is 17.2 Å². The molecule has 5 amide bonds. The number of ether oxygens (including phenoxy) is 4. The molecule has 4 N–H and O–H groups in total. The highest BCUT2D eigenvalue weighted by Gasteiger charge is 2.31. The van der Waals surface area contributed by atoms with Crippen LogP contribution in [0.2, 0.25) is 0 Å². The van der Waals surface area contributed by atoms with Gasteiger partial charge in [0, 0.05) is 56.1 Å². The quantitative estimate of drug-likeness (QED) is 0.283. The fourth-order valence-electron chi connectivity index (χ4n) is 6.61. The lowest BCUT2D eigenvalue weighted by Gasteiger charge is -2.35. The minimum atomic E-state index is -0.526. The number of fused-ring (bicyclic) bond motifs is 2. The summed E-state index contributed by atoms with van der Waals surface area (Å²) in [5.41, 5.74) is 1.35. The maximum atomic E-state index is 14.4. The van der Waals surface area contributed by atoms with Gasteiger partial charge >= 0.3 is 12.1 Å². The molecule has 5 rings (SSSR count). The van der Waals surface area contributed by atoms with E-state index in [1.165, 1.54) is 6.42 Å². The number of carbonyl (C=O) groups excluding carboxylic acids is 3. The van der Waals surface area contributed by atoms with E-state index in [0.717, 1.165) is 44.9 Å². The number of urea groups is 2. The van der Waals surface area contributed by atoms with Crippen molar-refractivity contribution in [2.24, 2.45) is 5.92 Å². The van der Waals surface area contributed by atoms with Crippen LogP contribution in [0.3, 0.4) is 0 Å². The number of likely N-dealkylation sites (N-methyl/N-ethyl adjacent to an activating group) is 1. The first kappa shape index (κ1) is 37.0. The summed E-state index contributed by atoms with van der Waals surface area (Å²) >= 11 is 0. The first-order valence-corrected chi connectivity index (χ1v) is 17.9. The van der Waals surface area contributed by atoms with Crippen LogP contribution in [-0.4, -0.2) is 97.3 Å². The van der Waals surface area contributed by atoms with Crippen LogP contribution in [-0.2, 0) is 4.74 Å². The van der Waals surface area contributed by atoms with Crippen LogP contribution in [0.4, 0.5) is 21.0 Å². The molecule has 1 aliphatic carbocycles. The Kier molecular flexibility index (Phi) is 13.1. The van der Waals surface area contributed by atoms with Crippen molar-refractivity contribution in [2.75, 3.05) is 50.8 Å². The Labute approximate surface area is 294 Å². The van der Waals surface area contributed by atoms with E-state index in [0.29, 0.717) is 40.8 Å². The van der Waals surface area contributed by atoms with E-state index in [1.54, 1.807) is 60.2 Å². The molecule has 0 radical (unpaired) electrons. The molecule has 1 fully saturated rings. The highest BCUT2D eigenvalue weighted by molar-refractivity contribution is 5.99. The lowest BCUT2D eigenvalue weighted by Crippen LogP contribution is -2.48. The number of nitrogens with zero attached hydrogens (tertiary/aromatic N) is 2. The maximum absolute atomic E-state index is 14.4. The third kappa shape index (κ3) is 9.94. The van der Waals surface area contributed by atoms with Crippen LogP contribution in [0.1, 0.15) is 82.5 Å². The molecule has 0 unspecified atom stereocenters. The van der Waals surface area contributed by atoms with Gasteiger partial charge in [-0.25, -0.2) is 9.59 Å². The van der Waals surface area contributed by atoms with Crippen molar-refractivity contribution in [1.82, 2.24) is 15.1 Å². The first-order valence-electron chi connectivity index (χ1n) is 17.9. The smallest absolute Gasteiger partial charge is 0.321 e. The van der Waals surface area contributed by atoms with Crippen molar-refractivity contribution in [1.29, 1.82) is 0 Å². The maximum Gasteiger partial charge on any atom is 0.321 e. The second-order valence-electron chi connectivity index (χ2n) is 13.8. The van der Waals surface area contributed by atoms with Crippen molar-refractivity contribution in [3.05, 3.63) is 42.0 Å². The Morgan fingerprint density at radius 1 is 0.940 bits per heavy atom. The van der Waals surface area contributed by atoms with E-state index in [9.17, 15) is 19.5 Å². The molecule has 2 aromatic rings. The molecular formula is C37H53N5O8. The SMILES string of the molecule is C[C@H](CO)N1C[C@H](C)[C@@H](CN(C)C(=O)Nc2ccc3c(c2)OCO3)OCCCC[C@H](C)Oc2ccc(NC(=O)NC3CCCCC3)cc2C1=O. The summed E-state index contributed by atoms with van der Waals surface area (Å²) in [6.45, 7) is 6.63. The molecule has 0 spiro atoms. The van der Waals surface area contributed by atoms with Crippen molar-refractivity contribution in [3.63, 3.8) is 0 Å². The van der Waals surface area contributed by atoms with Gasteiger partial charge in [0.1, 0.15) is 5.75 Å². The predicted molar refractivity (Wildman–Crippen MR) is 190 cm³/mol. The van der Waals surface area contributed by atoms with E-state index in [-0.39, 0.29) is 62.5 Å². The van der Waals surface area contributed by atoms with Gasteiger partial charge in [-0.3, -0.25) is 4.79 Å². The number of hydrogen-bond donors (Lipinski definition) is 4. The Hall–Kier alpha value is -4.23. The molecule has 13 heteroatoms. The Morgan fingerprint density at radius 2 is 1.64 bits per heavy atom. The molecule has 0 saturated heterocycles. The molecule has 2 heterocycles. The molecule has 2 aromatic carbocycles. The highest BCUT2D eigenvalue weighted by atomic mass is 16.7. The van der Waals surface area contributed by atoms with Gasteiger partial charge in [0.05, 0.1) is 30.4 Å². The van der Waals surface area contributed by atoms with E-state index in [1.807, 2.05) is 13.8 Å². The minimum absolute atomic E-state index is 0.137. The zero-order valence-electron chi connectivity index (χ0n) is 29.7. The number of carbonyl (C=O) groups is 3. The van der Waals surface area contributed by atoms with Gasteiger partial charge in [0.2, 0.25) is 6.79 Å². The number of hydrogen-bond acceptors (Lipinski definition) is 8. The van der Waals surface area contributed by atoms with Crippen LogP contribution >= 0.6 is 0 Å². The fraction of sp³-hybridized carbons (Fsp3) is 0.595. The molecule has 3 aliphatic rings. The molecule has 4 atom stereocenters. The lowest BCUT2D eigenvalue weighted by molar-refractivity contribution is -0.0115. The van der Waals surface area contributed by atoms with Crippen molar-refractivity contribution in [3.8, 4) is 17.2 Å². The largest absolute Gasteiger partial charge is 0.490 e. The third-order valence-corrected chi connectivity index (χ3v) is 9.67. The van der Waals surface area contributed by atoms with Crippen LogP contribution < -0.4 is 30.2 Å². The molecule has 0 bridgehead atoms. The number of benzene rings is 2. The van der Waals surface area contributed by atoms with Gasteiger partial charge < -0.3 is 49.8 Å². The summed E-state index contributed by atoms with van der Waals surface area (Å²) in [5, 5.41) is 19.1. The molecule has 0 aromatic heterocycles. The van der Waals surface area contributed by atoms with E-state index in [4.69, 9.17) is 18.9 Å². The number of anilines is 2. The van der Waals surface area contributed by atoms with Gasteiger partial charge in [-0.05, 0) is 76.3 Å². The van der Waals surface area contributed by atoms with Crippen molar-refractivity contribution < 1.29 is 38.4 Å². The van der Waals surface area contributed by atoms with Crippen molar-refractivity contribution in [2.45, 2.75) is 96.4 Å². The second kappa shape index (κ2) is 17.6. The normalized spacial score (nSPS) is 22.4. The monoisotopic (exact) mass is 695 g/mol. The zero-order valence-corrected chi connectivity index (χ0v) is 29.7. The van der Waals surface area contributed by atoms with Gasteiger partial charge in [-0.2, -0.15) is 0 Å². The molecular weight excluding hydrogens is 642 g/mol. The average Bonchev–Trinajstić information content (AvgIpc) is 3.58. The van der Waals surface area contributed by atoms with Crippen molar-refractivity contribution >= 4 is 29.3 Å². The second-order valence-corrected chi connectivity index (χ2v) is 13.8. The topological polar surface area (TPSA) is 151 Å². The molecule has 50 heavy (non-hydrogen) atoms. The van der Waals surface area contributed by atoms with Crippen LogP contribution in [0.25, 0.3) is 0 Å². The fourth-order valence-corrected chi connectivity index (χ4v) is 6.61. The first-order chi connectivity index (χ1) is 24.1. The Morgan fingerprint density at radius 3 is 2.40 bits per heavy atom. The number of rotatable bonds is 7. The van der Waals surface area contributed by atoms with Gasteiger partial charge in [0.15, 0.2) is 11.5 Å². The summed E-state index contributed by atoms with van der Waals surface area (Å²) in [6.07, 6.45) is 7.11. The highest BCUT2D eigenvalue weighted by Crippen LogP contribution is 2.34. The summed E-state index contributed by atoms with van der Waals surface area (Å²) in [6, 6.07) is 9.36. The average molecular weight is 696 g/mol. The Balaban J connectivity index is 1.33. The van der Waals surface area contributed by atoms with Gasteiger partial charge in [-0.1, -0.05) is 26.2 Å². The lowest BCUT2D eigenvalue weighted by atomic mass is 9.96. The summed E-state index contributed by atoms with van der Waals surface area (Å²) in [7, 11) is 1.71. The van der Waals surface area contributed by atoms with Gasteiger partial charge in [-0.15, -0.1) is 0 Å². The van der Waals surface area contributed by atoms with Crippen LogP contribution in [0, 0.1) is 5.92 Å². The zero-order chi connectivity index (χ0) is 35.6. The third-order valence-electron chi connectivity index (χ3n) is 9.67. The number of nitrogens with one attached hydrogen (secondary N) is 3. The molecule has 1 saturated carbocycles. The van der Waals surface area contributed by atoms with Crippen LogP contribution in [0.15, 0.2) is 36.4 Å². The standard InChI is InChI=1S/C37H53N5O8/c1-24-20-42(25(2)22-43)35(44)30-18-28(39-36(45)38-27-11-6-5-7-12-27)13-15-31(30)50-26(3)10-8-9-17-47-34(24)21-41(4)37(46)40-29-14-16-32-33(19-29)49-23-48-32/h13-16,18-19,24-27,34,43H,5-12,17,20-23H2,1-4H3,(H,40,46)(H2,38,39,45)/t24-,25+,26-,34+/m0/s1. The summed E-state index contributed by atoms with van der Waals surface area (Å²) in [4.78, 5) is 43.8. The summed E-state index contributed by atoms with van der Waals surface area (Å²) in [5.74, 6) is 1.08. The minimum Gasteiger partial charge on any atom is -0.490 e.